The number of aryl methyl sites for hydroxylation is 1. The molecule has 9 nitrogen and oxygen atoms in total. The quantitative estimate of drug-likeness (QED) is 0.375. The summed E-state index contributed by atoms with van der Waals surface area (Å²) < 4.78 is 6.88. The highest BCUT2D eigenvalue weighted by molar-refractivity contribution is 7.99. The number of carbonyl (C=O) groups excluding carboxylic acids is 3. The first-order valence-electron chi connectivity index (χ1n) is 9.20. The van der Waals surface area contributed by atoms with Crippen LogP contribution >= 0.6 is 34.4 Å². The Morgan fingerprint density at radius 2 is 2.03 bits per heavy atom. The zero-order chi connectivity index (χ0) is 22.7. The lowest BCUT2D eigenvalue weighted by molar-refractivity contribution is -0.113. The fourth-order valence-electron chi connectivity index (χ4n) is 2.83. The number of ether oxygens (including phenoxy) is 1. The van der Waals surface area contributed by atoms with Crippen LogP contribution in [0.15, 0.2) is 16.6 Å². The molecular weight excluding hydrogens is 458 g/mol. The van der Waals surface area contributed by atoms with Crippen LogP contribution in [-0.4, -0.2) is 44.9 Å². The van der Waals surface area contributed by atoms with Gasteiger partial charge in [0.15, 0.2) is 11.0 Å². The Morgan fingerprint density at radius 1 is 1.29 bits per heavy atom. The molecule has 0 spiro atoms. The summed E-state index contributed by atoms with van der Waals surface area (Å²) in [6, 6.07) is 2.03. The molecule has 0 aliphatic rings. The van der Waals surface area contributed by atoms with Gasteiger partial charge >= 0.3 is 5.97 Å². The maximum Gasteiger partial charge on any atom is 0.341 e. The van der Waals surface area contributed by atoms with Crippen molar-refractivity contribution >= 4 is 57.2 Å². The fraction of sp³-hybridized carbons (Fsp3) is 0.316. The first kappa shape index (κ1) is 23.0. The van der Waals surface area contributed by atoms with Crippen molar-refractivity contribution in [2.75, 3.05) is 17.7 Å². The summed E-state index contributed by atoms with van der Waals surface area (Å²) >= 11 is 3.80. The summed E-state index contributed by atoms with van der Waals surface area (Å²) in [6.07, 6.45) is 0. The molecule has 3 aromatic heterocycles. The lowest BCUT2D eigenvalue weighted by Gasteiger charge is -2.07. The molecule has 3 N–H and O–H groups in total. The second-order valence-corrected chi connectivity index (χ2v) is 9.57. The predicted octanol–water partition coefficient (Wildman–Crippen LogP) is 3.23. The first-order chi connectivity index (χ1) is 14.7. The average molecular weight is 480 g/mol. The van der Waals surface area contributed by atoms with Crippen molar-refractivity contribution in [3.05, 3.63) is 32.3 Å². The second-order valence-electron chi connectivity index (χ2n) is 6.49. The van der Waals surface area contributed by atoms with Gasteiger partial charge in [0.1, 0.15) is 5.00 Å². The molecule has 2 amide bonds. The van der Waals surface area contributed by atoms with Crippen LogP contribution in [-0.2, 0) is 16.6 Å². The van der Waals surface area contributed by atoms with Gasteiger partial charge in [-0.3, -0.25) is 9.59 Å². The Bertz CT molecular complexity index is 1150. The van der Waals surface area contributed by atoms with E-state index < -0.39 is 11.9 Å². The highest BCUT2D eigenvalue weighted by Crippen LogP contribution is 2.34. The van der Waals surface area contributed by atoms with Crippen LogP contribution in [0.1, 0.15) is 37.4 Å². The van der Waals surface area contributed by atoms with Gasteiger partial charge in [0.05, 0.1) is 22.8 Å². The molecule has 3 rings (SSSR count). The van der Waals surface area contributed by atoms with Crippen LogP contribution < -0.4 is 11.1 Å². The number of rotatable bonds is 8. The van der Waals surface area contributed by atoms with Gasteiger partial charge < -0.3 is 20.4 Å². The monoisotopic (exact) mass is 479 g/mol. The number of nitrogens with zero attached hydrogens (tertiary/aromatic N) is 3. The Kier molecular flexibility index (Phi) is 7.13. The van der Waals surface area contributed by atoms with E-state index >= 15 is 0 Å². The van der Waals surface area contributed by atoms with Crippen LogP contribution in [0.4, 0.5) is 5.00 Å². The van der Waals surface area contributed by atoms with Crippen LogP contribution in [0.3, 0.4) is 0 Å². The maximum atomic E-state index is 12.6. The Labute approximate surface area is 191 Å². The lowest BCUT2D eigenvalue weighted by atomic mass is 10.1. The molecule has 3 aromatic rings. The maximum absolute atomic E-state index is 12.6. The molecule has 0 aliphatic heterocycles. The van der Waals surface area contributed by atoms with E-state index in [4.69, 9.17) is 10.5 Å². The van der Waals surface area contributed by atoms with Crippen LogP contribution in [0.5, 0.6) is 0 Å². The number of hydrogen-bond acceptors (Lipinski definition) is 9. The zero-order valence-electron chi connectivity index (χ0n) is 17.3. The van der Waals surface area contributed by atoms with Gasteiger partial charge in [0.2, 0.25) is 5.91 Å². The minimum Gasteiger partial charge on any atom is -0.462 e. The third kappa shape index (κ3) is 4.97. The molecule has 0 radical (unpaired) electrons. The normalized spacial score (nSPS) is 10.8. The van der Waals surface area contributed by atoms with E-state index in [1.54, 1.807) is 25.2 Å². The van der Waals surface area contributed by atoms with Gasteiger partial charge in [-0.15, -0.1) is 32.9 Å². The second kappa shape index (κ2) is 9.62. The lowest BCUT2D eigenvalue weighted by Crippen LogP contribution is -2.17. The van der Waals surface area contributed by atoms with Gasteiger partial charge in [-0.05, 0) is 32.4 Å². The number of nitrogens with one attached hydrogen (secondary N) is 1. The summed E-state index contributed by atoms with van der Waals surface area (Å²) in [7, 11) is 1.84. The number of carbonyl (C=O) groups is 3. The van der Waals surface area contributed by atoms with E-state index in [9.17, 15) is 14.4 Å². The molecule has 0 saturated carbocycles. The summed E-state index contributed by atoms with van der Waals surface area (Å²) in [6.45, 7) is 5.46. The molecule has 3 heterocycles. The van der Waals surface area contributed by atoms with Crippen molar-refractivity contribution in [3.8, 4) is 11.4 Å². The van der Waals surface area contributed by atoms with Gasteiger partial charge in [-0.2, -0.15) is 0 Å². The molecule has 0 aliphatic carbocycles. The fourth-order valence-corrected chi connectivity index (χ4v) is 5.29. The molecule has 0 atom stereocenters. The zero-order valence-corrected chi connectivity index (χ0v) is 19.8. The van der Waals surface area contributed by atoms with Gasteiger partial charge in [-0.1, -0.05) is 11.8 Å². The van der Waals surface area contributed by atoms with Crippen molar-refractivity contribution in [1.82, 2.24) is 14.8 Å². The van der Waals surface area contributed by atoms with Crippen LogP contribution in [0, 0.1) is 13.8 Å². The summed E-state index contributed by atoms with van der Waals surface area (Å²) in [5, 5.41) is 13.9. The van der Waals surface area contributed by atoms with Crippen LogP contribution in [0.2, 0.25) is 0 Å². The number of nitrogens with two attached hydrogens (primary N) is 1. The molecule has 31 heavy (non-hydrogen) atoms. The number of esters is 1. The number of primary amides is 1. The number of amides is 2. The van der Waals surface area contributed by atoms with E-state index in [2.05, 4.69) is 15.5 Å². The van der Waals surface area contributed by atoms with Crippen molar-refractivity contribution in [2.45, 2.75) is 25.9 Å². The first-order valence-corrected chi connectivity index (χ1v) is 11.9. The highest BCUT2D eigenvalue weighted by atomic mass is 32.2. The van der Waals surface area contributed by atoms with E-state index in [1.165, 1.54) is 16.6 Å². The minimum atomic E-state index is -0.668. The smallest absolute Gasteiger partial charge is 0.341 e. The topological polar surface area (TPSA) is 129 Å². The molecular formula is C19H21N5O4S3. The highest BCUT2D eigenvalue weighted by Gasteiger charge is 2.26. The van der Waals surface area contributed by atoms with Crippen molar-refractivity contribution in [3.63, 3.8) is 0 Å². The number of hydrogen-bond donors (Lipinski definition) is 2. The largest absolute Gasteiger partial charge is 0.462 e. The molecule has 0 unspecified atom stereocenters. The standard InChI is InChI=1S/C19H21N5O4S3/c1-5-28-18(27)13-10(3)14(15(20)26)31-17(13)21-12(25)8-30-19-23-22-16(24(19)4)11-6-9(2)29-7-11/h6-7H,5,8H2,1-4H3,(H2,20,26)(H,21,25). The van der Waals surface area contributed by atoms with Gasteiger partial charge in [-0.25, -0.2) is 4.79 Å². The minimum absolute atomic E-state index is 0.0414. The molecule has 0 aromatic carbocycles. The number of thioether (sulfide) groups is 1. The van der Waals surface area contributed by atoms with Crippen molar-refractivity contribution in [1.29, 1.82) is 0 Å². The van der Waals surface area contributed by atoms with Crippen LogP contribution in [0.25, 0.3) is 11.4 Å². The predicted molar refractivity (Wildman–Crippen MR) is 122 cm³/mol. The van der Waals surface area contributed by atoms with Gasteiger partial charge in [0.25, 0.3) is 5.91 Å². The molecule has 0 bridgehead atoms. The molecule has 164 valence electrons. The van der Waals surface area contributed by atoms with E-state index in [-0.39, 0.29) is 33.7 Å². The summed E-state index contributed by atoms with van der Waals surface area (Å²) in [4.78, 5) is 37.9. The number of thiophene rings is 2. The van der Waals surface area contributed by atoms with Gasteiger partial charge in [0, 0.05) is 22.9 Å². The van der Waals surface area contributed by atoms with Crippen molar-refractivity contribution in [2.24, 2.45) is 12.8 Å². The average Bonchev–Trinajstić information content (AvgIpc) is 3.37. The third-order valence-corrected chi connectivity index (χ3v) is 7.36. The van der Waals surface area contributed by atoms with E-state index in [0.29, 0.717) is 10.7 Å². The molecule has 0 saturated heterocycles. The summed E-state index contributed by atoms with van der Waals surface area (Å²) in [5.74, 6) is -0.880. The molecule has 0 fully saturated rings. The van der Waals surface area contributed by atoms with E-state index in [1.807, 2.05) is 30.0 Å². The SMILES string of the molecule is CCOC(=O)c1c(NC(=O)CSc2nnc(-c3csc(C)c3)n2C)sc(C(N)=O)c1C. The number of aromatic nitrogens is 3. The van der Waals surface area contributed by atoms with E-state index in [0.717, 1.165) is 22.7 Å². The van der Waals surface area contributed by atoms with Crippen molar-refractivity contribution < 1.29 is 19.1 Å². The number of anilines is 1. The Hall–Kier alpha value is -2.70. The molecule has 12 heteroatoms. The third-order valence-electron chi connectivity index (χ3n) is 4.26. The summed E-state index contributed by atoms with van der Waals surface area (Å²) in [5.41, 5.74) is 6.90. The Morgan fingerprint density at radius 3 is 2.65 bits per heavy atom. The Balaban J connectivity index is 1.73.